The Labute approximate surface area is 160 Å². The first kappa shape index (κ1) is 18.6. The van der Waals surface area contributed by atoms with Gasteiger partial charge in [0.15, 0.2) is 10.6 Å². The summed E-state index contributed by atoms with van der Waals surface area (Å²) in [5.74, 6) is 0.0395. The molecule has 0 radical (unpaired) electrons. The van der Waals surface area contributed by atoms with Gasteiger partial charge in [0.25, 0.3) is 0 Å². The molecule has 1 aromatic heterocycles. The number of thiazole rings is 1. The molecule has 24 heavy (non-hydrogen) atoms. The summed E-state index contributed by atoms with van der Waals surface area (Å²) in [5.41, 5.74) is 2.55. The van der Waals surface area contributed by atoms with Crippen molar-refractivity contribution in [1.29, 1.82) is 0 Å². The highest BCUT2D eigenvalue weighted by atomic mass is 79.9. The minimum absolute atomic E-state index is 0. The van der Waals surface area contributed by atoms with Gasteiger partial charge < -0.3 is 4.57 Å². The maximum absolute atomic E-state index is 12.5. The van der Waals surface area contributed by atoms with E-state index in [2.05, 4.69) is 4.99 Å². The molecule has 0 spiro atoms. The summed E-state index contributed by atoms with van der Waals surface area (Å²) in [6.45, 7) is 2.25. The van der Waals surface area contributed by atoms with Crippen LogP contribution in [0.4, 0.5) is 5.69 Å². The van der Waals surface area contributed by atoms with Crippen LogP contribution in [0.1, 0.15) is 16.1 Å². The van der Waals surface area contributed by atoms with Gasteiger partial charge in [-0.3, -0.25) is 4.79 Å². The molecule has 0 aliphatic carbocycles. The van der Waals surface area contributed by atoms with Crippen molar-refractivity contribution in [3.63, 3.8) is 0 Å². The van der Waals surface area contributed by atoms with Crippen LogP contribution in [0.2, 0.25) is 5.02 Å². The highest BCUT2D eigenvalue weighted by molar-refractivity contribution is 8.93. The van der Waals surface area contributed by atoms with Crippen LogP contribution in [0.15, 0.2) is 65.0 Å². The first-order valence-corrected chi connectivity index (χ1v) is 8.43. The van der Waals surface area contributed by atoms with Gasteiger partial charge in [-0.2, -0.15) is 0 Å². The molecule has 0 aliphatic rings. The van der Waals surface area contributed by atoms with E-state index in [9.17, 15) is 4.79 Å². The Morgan fingerprint density at radius 1 is 1.12 bits per heavy atom. The van der Waals surface area contributed by atoms with Gasteiger partial charge in [0.1, 0.15) is 0 Å². The topological polar surface area (TPSA) is 34.4 Å². The quantitative estimate of drug-likeness (QED) is 0.531. The lowest BCUT2D eigenvalue weighted by Crippen LogP contribution is -2.21. The number of rotatable bonds is 4. The molecule has 124 valence electrons. The molecule has 3 aromatic rings. The van der Waals surface area contributed by atoms with Gasteiger partial charge in [0.2, 0.25) is 0 Å². The lowest BCUT2D eigenvalue weighted by Gasteiger charge is -2.06. The molecule has 0 N–H and O–H groups in total. The number of carbonyl (C=O) groups excluding carboxylic acids is 1. The lowest BCUT2D eigenvalue weighted by atomic mass is 10.1. The third kappa shape index (κ3) is 4.44. The zero-order valence-corrected chi connectivity index (χ0v) is 16.3. The number of aromatic nitrogens is 1. The fraction of sp³-hybridized carbons (Fsp3) is 0.111. The number of Topliss-reactive ketones (excluding diaryl/α,β-unsaturated/α-hetero) is 1. The molecule has 0 saturated carbocycles. The normalized spacial score (nSPS) is 11.2. The number of hydrogen-bond acceptors (Lipinski definition) is 3. The number of ketones is 1. The smallest absolute Gasteiger partial charge is 0.190 e. The van der Waals surface area contributed by atoms with E-state index in [1.54, 1.807) is 24.3 Å². The third-order valence-corrected chi connectivity index (χ3v) is 4.67. The highest BCUT2D eigenvalue weighted by Gasteiger charge is 2.10. The Morgan fingerprint density at radius 3 is 2.46 bits per heavy atom. The molecule has 0 aliphatic heterocycles. The van der Waals surface area contributed by atoms with E-state index in [0.717, 1.165) is 16.2 Å². The average molecular weight is 424 g/mol. The van der Waals surface area contributed by atoms with E-state index in [0.29, 0.717) is 10.6 Å². The fourth-order valence-corrected chi connectivity index (χ4v) is 3.20. The summed E-state index contributed by atoms with van der Waals surface area (Å²) in [4.78, 5) is 17.9. The van der Waals surface area contributed by atoms with Crippen molar-refractivity contribution in [2.24, 2.45) is 4.99 Å². The van der Waals surface area contributed by atoms with Crippen LogP contribution in [0.5, 0.6) is 0 Å². The van der Waals surface area contributed by atoms with Gasteiger partial charge in [-0.05, 0) is 43.3 Å². The number of aryl methyl sites for hydroxylation is 1. The minimum atomic E-state index is 0. The average Bonchev–Trinajstić information content (AvgIpc) is 2.89. The maximum Gasteiger partial charge on any atom is 0.190 e. The minimum Gasteiger partial charge on any atom is -0.313 e. The van der Waals surface area contributed by atoms with Crippen LogP contribution in [-0.2, 0) is 6.54 Å². The zero-order valence-electron chi connectivity index (χ0n) is 13.0. The Kier molecular flexibility index (Phi) is 6.54. The van der Waals surface area contributed by atoms with Crippen LogP contribution in [0.25, 0.3) is 0 Å². The van der Waals surface area contributed by atoms with E-state index in [-0.39, 0.29) is 29.3 Å². The number of halogens is 2. The van der Waals surface area contributed by atoms with Crippen molar-refractivity contribution in [2.75, 3.05) is 0 Å². The van der Waals surface area contributed by atoms with E-state index in [1.807, 2.05) is 47.2 Å². The van der Waals surface area contributed by atoms with Crippen molar-refractivity contribution in [3.8, 4) is 0 Å². The summed E-state index contributed by atoms with van der Waals surface area (Å²) in [6, 6.07) is 16.7. The second-order valence-corrected chi connectivity index (χ2v) is 6.40. The number of benzene rings is 2. The molecule has 0 amide bonds. The van der Waals surface area contributed by atoms with Crippen molar-refractivity contribution in [1.82, 2.24) is 4.57 Å². The van der Waals surface area contributed by atoms with E-state index in [1.165, 1.54) is 11.3 Å². The predicted octanol–water partition coefficient (Wildman–Crippen LogP) is 5.20. The summed E-state index contributed by atoms with van der Waals surface area (Å²) >= 11 is 7.40. The second kappa shape index (κ2) is 8.42. The van der Waals surface area contributed by atoms with Crippen molar-refractivity contribution < 1.29 is 4.79 Å². The summed E-state index contributed by atoms with van der Waals surface area (Å²) in [7, 11) is 0. The molecule has 6 heteroatoms. The summed E-state index contributed by atoms with van der Waals surface area (Å²) < 4.78 is 1.94. The maximum atomic E-state index is 12.5. The Balaban J connectivity index is 0.00000208. The Hall–Kier alpha value is -1.69. The summed E-state index contributed by atoms with van der Waals surface area (Å²) in [5, 5.41) is 2.64. The molecule has 3 nitrogen and oxygen atoms in total. The third-order valence-electron chi connectivity index (χ3n) is 3.44. The first-order chi connectivity index (χ1) is 11.1. The van der Waals surface area contributed by atoms with Gasteiger partial charge in [-0.25, -0.2) is 4.99 Å². The number of hydrogen-bond donors (Lipinski definition) is 0. The fourth-order valence-electron chi connectivity index (χ4n) is 2.18. The van der Waals surface area contributed by atoms with Crippen LogP contribution >= 0.6 is 39.9 Å². The predicted molar refractivity (Wildman–Crippen MR) is 105 cm³/mol. The number of para-hydroxylation sites is 1. The lowest BCUT2D eigenvalue weighted by molar-refractivity contribution is 0.0970. The molecule has 0 saturated heterocycles. The molecule has 3 rings (SSSR count). The monoisotopic (exact) mass is 422 g/mol. The molecular weight excluding hydrogens is 408 g/mol. The van der Waals surface area contributed by atoms with Crippen LogP contribution in [-0.4, -0.2) is 10.4 Å². The molecule has 2 aromatic carbocycles. The van der Waals surface area contributed by atoms with Crippen LogP contribution in [0.3, 0.4) is 0 Å². The molecular formula is C18H16BrClN2OS. The van der Waals surface area contributed by atoms with Gasteiger partial charge in [-0.15, -0.1) is 28.3 Å². The van der Waals surface area contributed by atoms with Crippen molar-refractivity contribution in [3.05, 3.63) is 81.1 Å². The van der Waals surface area contributed by atoms with Gasteiger partial charge in [-0.1, -0.05) is 29.8 Å². The highest BCUT2D eigenvalue weighted by Crippen LogP contribution is 2.13. The van der Waals surface area contributed by atoms with Crippen molar-refractivity contribution in [2.45, 2.75) is 13.5 Å². The largest absolute Gasteiger partial charge is 0.313 e. The molecule has 1 heterocycles. The van der Waals surface area contributed by atoms with E-state index < -0.39 is 0 Å². The van der Waals surface area contributed by atoms with E-state index >= 15 is 0 Å². The number of nitrogens with zero attached hydrogens (tertiary/aromatic N) is 2. The van der Waals surface area contributed by atoms with Gasteiger partial charge >= 0.3 is 0 Å². The second-order valence-electron chi connectivity index (χ2n) is 5.12. The van der Waals surface area contributed by atoms with Crippen LogP contribution in [0, 0.1) is 6.92 Å². The first-order valence-electron chi connectivity index (χ1n) is 7.17. The van der Waals surface area contributed by atoms with Crippen LogP contribution < -0.4 is 4.80 Å². The van der Waals surface area contributed by atoms with Gasteiger partial charge in [0, 0.05) is 21.7 Å². The SMILES string of the molecule is Br.Cc1csc(=Nc2ccccc2)n1CC(=O)c1ccc(Cl)cc1. The Bertz CT molecular complexity index is 885. The Morgan fingerprint density at radius 2 is 1.79 bits per heavy atom. The summed E-state index contributed by atoms with van der Waals surface area (Å²) in [6.07, 6.45) is 0. The molecule has 0 atom stereocenters. The number of carbonyl (C=O) groups is 1. The zero-order chi connectivity index (χ0) is 16.2. The van der Waals surface area contributed by atoms with Gasteiger partial charge in [0.05, 0.1) is 12.2 Å². The standard InChI is InChI=1S/C18H15ClN2OS.BrH/c1-13-12-23-18(20-16-5-3-2-4-6-16)21(13)11-17(22)14-7-9-15(19)10-8-14;/h2-10,12H,11H2,1H3;1H. The molecule has 0 unspecified atom stereocenters. The van der Waals surface area contributed by atoms with Crippen molar-refractivity contribution >= 4 is 51.4 Å². The van der Waals surface area contributed by atoms with E-state index in [4.69, 9.17) is 11.6 Å². The molecule has 0 fully saturated rings. The molecule has 0 bridgehead atoms.